The Morgan fingerprint density at radius 1 is 0.815 bits per heavy atom. The number of carbonyl (C=O) groups is 1. The highest BCUT2D eigenvalue weighted by Gasteiger charge is 2.50. The number of aliphatic hydroxyl groups excluding tert-OH is 8. The van der Waals surface area contributed by atoms with Crippen molar-refractivity contribution >= 4 is 5.97 Å². The van der Waals surface area contributed by atoms with Crippen LogP contribution >= 0.6 is 0 Å². The summed E-state index contributed by atoms with van der Waals surface area (Å²) in [6.45, 7) is -0.262. The van der Waals surface area contributed by atoms with Crippen molar-refractivity contribution in [2.45, 2.75) is 68.3 Å². The van der Waals surface area contributed by atoms with E-state index in [2.05, 4.69) is 0 Å². The molecule has 2 aliphatic heterocycles. The van der Waals surface area contributed by atoms with Gasteiger partial charge in [-0.25, -0.2) is 0 Å². The summed E-state index contributed by atoms with van der Waals surface area (Å²) in [5.41, 5.74) is 0. The summed E-state index contributed by atoms with van der Waals surface area (Å²) in [6, 6.07) is 0. The molecule has 13 nitrogen and oxygen atoms in total. The van der Waals surface area contributed by atoms with Crippen LogP contribution in [-0.4, -0.2) is 127 Å². The average Bonchev–Trinajstić information content (AvgIpc) is 2.61. The second-order valence-corrected chi connectivity index (χ2v) is 6.05. The Hall–Kier alpha value is -0.970. The summed E-state index contributed by atoms with van der Waals surface area (Å²) in [6.07, 6.45) is -15.6. The summed E-state index contributed by atoms with van der Waals surface area (Å²) in [5.74, 6) is -0.833. The maximum Gasteiger partial charge on any atom is 0.300 e. The van der Waals surface area contributed by atoms with Crippen LogP contribution in [-0.2, 0) is 19.0 Å². The molecule has 0 aromatic rings. The van der Waals surface area contributed by atoms with Gasteiger partial charge in [-0.1, -0.05) is 0 Å². The van der Waals surface area contributed by atoms with Gasteiger partial charge in [0.2, 0.25) is 0 Å². The molecule has 0 aliphatic carbocycles. The number of carboxylic acids is 1. The minimum atomic E-state index is -1.74. The summed E-state index contributed by atoms with van der Waals surface area (Å²) in [5, 5.41) is 83.9. The molecule has 0 spiro atoms. The smallest absolute Gasteiger partial charge is 0.300 e. The van der Waals surface area contributed by atoms with E-state index in [0.717, 1.165) is 6.92 Å². The molecule has 0 amide bonds. The zero-order valence-electron chi connectivity index (χ0n) is 14.3. The number of aliphatic carboxylic acids is 1. The molecule has 2 saturated heterocycles. The second kappa shape index (κ2) is 10.5. The Morgan fingerprint density at radius 2 is 1.33 bits per heavy atom. The van der Waals surface area contributed by atoms with E-state index in [0.29, 0.717) is 0 Å². The minimum absolute atomic E-state index is 0.667. The molecule has 0 aromatic heterocycles. The van der Waals surface area contributed by atoms with Gasteiger partial charge in [0.05, 0.1) is 13.2 Å². The third-order valence-corrected chi connectivity index (χ3v) is 3.98. The third kappa shape index (κ3) is 6.00. The predicted molar refractivity (Wildman–Crippen MR) is 81.9 cm³/mol. The van der Waals surface area contributed by atoms with E-state index in [-0.39, 0.29) is 0 Å². The molecule has 10 atom stereocenters. The van der Waals surface area contributed by atoms with Gasteiger partial charge < -0.3 is 60.2 Å². The molecular weight excluding hydrogens is 376 g/mol. The van der Waals surface area contributed by atoms with Crippen LogP contribution in [0.3, 0.4) is 0 Å². The van der Waals surface area contributed by atoms with Crippen LogP contribution in [0.5, 0.6) is 0 Å². The predicted octanol–water partition coefficient (Wildman–Crippen LogP) is -5.31. The number of ether oxygens (including phenoxy) is 3. The topological polar surface area (TPSA) is 227 Å². The van der Waals surface area contributed by atoms with E-state index >= 15 is 0 Å². The molecule has 0 saturated carbocycles. The number of rotatable bonds is 4. The first kappa shape index (κ1) is 24.1. The van der Waals surface area contributed by atoms with Gasteiger partial charge in [-0.15, -0.1) is 0 Å². The Morgan fingerprint density at radius 3 is 1.81 bits per heavy atom. The molecule has 13 heteroatoms. The number of carboxylic acid groups (broad SMARTS) is 1. The van der Waals surface area contributed by atoms with Crippen molar-refractivity contribution in [3.8, 4) is 0 Å². The molecule has 9 N–H and O–H groups in total. The van der Waals surface area contributed by atoms with E-state index in [4.69, 9.17) is 29.2 Å². The van der Waals surface area contributed by atoms with Crippen molar-refractivity contribution in [2.24, 2.45) is 0 Å². The minimum Gasteiger partial charge on any atom is -0.481 e. The van der Waals surface area contributed by atoms with Crippen molar-refractivity contribution in [3.63, 3.8) is 0 Å². The van der Waals surface area contributed by atoms with Gasteiger partial charge in [0, 0.05) is 6.92 Å². The molecule has 27 heavy (non-hydrogen) atoms. The van der Waals surface area contributed by atoms with E-state index in [1.165, 1.54) is 0 Å². The normalized spacial score (nSPS) is 44.9. The lowest BCUT2D eigenvalue weighted by molar-refractivity contribution is -0.355. The van der Waals surface area contributed by atoms with Crippen LogP contribution in [0.2, 0.25) is 0 Å². The maximum absolute atomic E-state index is 9.94. The first-order valence-corrected chi connectivity index (χ1v) is 8.01. The Kier molecular flexibility index (Phi) is 9.40. The van der Waals surface area contributed by atoms with E-state index in [9.17, 15) is 35.7 Å². The summed E-state index contributed by atoms with van der Waals surface area (Å²) < 4.78 is 15.3. The van der Waals surface area contributed by atoms with Gasteiger partial charge in [-0.3, -0.25) is 4.79 Å². The van der Waals surface area contributed by atoms with Crippen LogP contribution in [0.1, 0.15) is 6.92 Å². The van der Waals surface area contributed by atoms with Crippen LogP contribution < -0.4 is 0 Å². The standard InChI is InChI=1S/C12H22O11.C2H4O2/c13-1-3-5(15)6(16)9(19)12(22-3)23-10-4(2-14)21-11(20)8(18)7(10)17;1-2(3)4/h3-20H,1-2H2;1H3,(H,3,4)/t3-,4-,5+,6+,7-,8-,9-,10-,11-,12+;/m1./s1. The number of aliphatic hydroxyl groups is 8. The Bertz CT molecular complexity index is 454. The van der Waals surface area contributed by atoms with E-state index in [1.54, 1.807) is 0 Å². The average molecular weight is 402 g/mol. The Labute approximate surface area is 153 Å². The molecule has 2 heterocycles. The molecule has 0 bridgehead atoms. The van der Waals surface area contributed by atoms with Crippen LogP contribution in [0.15, 0.2) is 0 Å². The molecule has 2 fully saturated rings. The molecule has 2 rings (SSSR count). The van der Waals surface area contributed by atoms with Gasteiger partial charge in [0.25, 0.3) is 5.97 Å². The highest BCUT2D eigenvalue weighted by Crippen LogP contribution is 2.28. The molecule has 160 valence electrons. The van der Waals surface area contributed by atoms with Gasteiger partial charge in [-0.2, -0.15) is 0 Å². The van der Waals surface area contributed by atoms with Gasteiger partial charge in [-0.05, 0) is 0 Å². The largest absolute Gasteiger partial charge is 0.481 e. The fourth-order valence-electron chi connectivity index (χ4n) is 2.57. The van der Waals surface area contributed by atoms with Gasteiger partial charge >= 0.3 is 0 Å². The lowest BCUT2D eigenvalue weighted by Gasteiger charge is -2.45. The second-order valence-electron chi connectivity index (χ2n) is 6.05. The lowest BCUT2D eigenvalue weighted by atomic mass is 9.97. The molecule has 0 aromatic carbocycles. The quantitative estimate of drug-likeness (QED) is 0.214. The van der Waals surface area contributed by atoms with Crippen LogP contribution in [0.4, 0.5) is 0 Å². The van der Waals surface area contributed by atoms with Crippen LogP contribution in [0.25, 0.3) is 0 Å². The third-order valence-electron chi connectivity index (χ3n) is 3.98. The highest BCUT2D eigenvalue weighted by molar-refractivity contribution is 5.62. The first-order chi connectivity index (χ1) is 12.5. The van der Waals surface area contributed by atoms with Gasteiger partial charge in [0.1, 0.15) is 48.8 Å². The molecule has 2 aliphatic rings. The zero-order chi connectivity index (χ0) is 20.9. The van der Waals surface area contributed by atoms with Crippen molar-refractivity contribution in [1.82, 2.24) is 0 Å². The van der Waals surface area contributed by atoms with Crippen molar-refractivity contribution in [2.75, 3.05) is 13.2 Å². The van der Waals surface area contributed by atoms with Crippen molar-refractivity contribution in [1.29, 1.82) is 0 Å². The summed E-state index contributed by atoms with van der Waals surface area (Å²) in [4.78, 5) is 9.00. The number of hydrogen-bond acceptors (Lipinski definition) is 12. The Balaban J connectivity index is 0.000000828. The monoisotopic (exact) mass is 402 g/mol. The maximum atomic E-state index is 9.94. The lowest BCUT2D eigenvalue weighted by Crippen LogP contribution is -2.64. The fraction of sp³-hybridized carbons (Fsp3) is 0.929. The highest BCUT2D eigenvalue weighted by atomic mass is 16.7. The molecule has 0 unspecified atom stereocenters. The summed E-state index contributed by atoms with van der Waals surface area (Å²) >= 11 is 0. The van der Waals surface area contributed by atoms with E-state index in [1.807, 2.05) is 0 Å². The fourth-order valence-corrected chi connectivity index (χ4v) is 2.57. The zero-order valence-corrected chi connectivity index (χ0v) is 14.3. The number of hydrogen-bond donors (Lipinski definition) is 9. The molecular formula is C14H26O13. The SMILES string of the molecule is CC(=O)O.OC[C@H]1O[C@@H](O[C@H]2[C@H](O)[C@@H](O)[C@H](O)O[C@@H]2CO)[C@H](O)[C@@H](O)[C@H]1O. The van der Waals surface area contributed by atoms with Crippen molar-refractivity contribution < 1.29 is 65.0 Å². The summed E-state index contributed by atoms with van der Waals surface area (Å²) in [7, 11) is 0. The molecule has 0 radical (unpaired) electrons. The van der Waals surface area contributed by atoms with E-state index < -0.39 is 80.6 Å². The first-order valence-electron chi connectivity index (χ1n) is 8.01. The van der Waals surface area contributed by atoms with Gasteiger partial charge in [0.15, 0.2) is 12.6 Å². The van der Waals surface area contributed by atoms with Crippen molar-refractivity contribution in [3.05, 3.63) is 0 Å². The van der Waals surface area contributed by atoms with Crippen LogP contribution in [0, 0.1) is 0 Å².